The molecular weight excluding hydrogens is 675 g/mol. The molecule has 15 heteroatoms. The Balaban J connectivity index is 1.21. The number of hydrogen-bond acceptors (Lipinski definition) is 11. The van der Waals surface area contributed by atoms with E-state index in [4.69, 9.17) is 14.2 Å². The third-order valence-corrected chi connectivity index (χ3v) is 12.0. The molecule has 0 bridgehead atoms. The van der Waals surface area contributed by atoms with Crippen molar-refractivity contribution < 1.29 is 32.2 Å². The number of likely N-dealkylation sites (tertiary alicyclic amines) is 2. The number of ether oxygens (including phenoxy) is 3. The summed E-state index contributed by atoms with van der Waals surface area (Å²) in [6.45, 7) is 8.17. The second-order valence-electron chi connectivity index (χ2n) is 13.0. The summed E-state index contributed by atoms with van der Waals surface area (Å²) >= 11 is 0. The van der Waals surface area contributed by atoms with Gasteiger partial charge in [0.15, 0.2) is 5.54 Å². The number of benzene rings is 2. The number of sulfonamides is 1. The monoisotopic (exact) mass is 715 g/mol. The van der Waals surface area contributed by atoms with Crippen LogP contribution < -0.4 is 19.1 Å². The van der Waals surface area contributed by atoms with Gasteiger partial charge < -0.3 is 24.4 Å². The van der Waals surface area contributed by atoms with Crippen LogP contribution in [-0.2, 0) is 25.1 Å². The van der Waals surface area contributed by atoms with E-state index in [1.807, 2.05) is 0 Å². The second kappa shape index (κ2) is 14.1. The van der Waals surface area contributed by atoms with Gasteiger partial charge in [-0.3, -0.25) is 14.6 Å². The molecule has 5 heterocycles. The largest absolute Gasteiger partial charge is 0.497 e. The molecule has 1 atom stereocenters. The molecular formula is C36H41N7O7S. The van der Waals surface area contributed by atoms with Gasteiger partial charge in [-0.1, -0.05) is 0 Å². The van der Waals surface area contributed by atoms with Crippen molar-refractivity contribution in [3.05, 3.63) is 77.5 Å². The SMILES string of the molecule is CCOc1ncccc1C1(NC(=O)N2CC(N3CCC(N4CCOCC4)CC3)C2)C(=O)N(S(=O)(=O)c2ccc(OC)cc2)c2ccc(C#N)cc21. The smallest absolute Gasteiger partial charge is 0.318 e. The summed E-state index contributed by atoms with van der Waals surface area (Å²) in [7, 11) is -3.07. The van der Waals surface area contributed by atoms with Crippen LogP contribution in [0.25, 0.3) is 0 Å². The Morgan fingerprint density at radius 1 is 1.02 bits per heavy atom. The van der Waals surface area contributed by atoms with E-state index in [-0.39, 0.29) is 45.8 Å². The van der Waals surface area contributed by atoms with E-state index in [0.717, 1.165) is 52.2 Å². The number of morpholine rings is 1. The number of fused-ring (bicyclic) bond motifs is 1. The van der Waals surface area contributed by atoms with Crippen molar-refractivity contribution in [2.75, 3.05) is 70.5 Å². The molecule has 14 nitrogen and oxygen atoms in total. The van der Waals surface area contributed by atoms with E-state index < -0.39 is 27.5 Å². The Bertz CT molecular complexity index is 1930. The molecule has 3 aromatic rings. The molecule has 2 aromatic carbocycles. The summed E-state index contributed by atoms with van der Waals surface area (Å²) in [5, 5.41) is 12.9. The minimum atomic E-state index is -4.53. The van der Waals surface area contributed by atoms with E-state index in [1.165, 1.54) is 55.8 Å². The van der Waals surface area contributed by atoms with E-state index in [9.17, 15) is 18.5 Å². The van der Waals surface area contributed by atoms with Crippen LogP contribution >= 0.6 is 0 Å². The number of methoxy groups -OCH3 is 1. The highest BCUT2D eigenvalue weighted by Crippen LogP contribution is 2.49. The van der Waals surface area contributed by atoms with E-state index in [0.29, 0.717) is 29.2 Å². The summed E-state index contributed by atoms with van der Waals surface area (Å²) in [6, 6.07) is 15.4. The number of urea groups is 1. The Hall–Kier alpha value is -4.75. The van der Waals surface area contributed by atoms with E-state index in [2.05, 4.69) is 26.2 Å². The molecule has 0 radical (unpaired) electrons. The molecule has 1 aromatic heterocycles. The summed E-state index contributed by atoms with van der Waals surface area (Å²) in [6.07, 6.45) is 3.60. The Morgan fingerprint density at radius 2 is 1.73 bits per heavy atom. The molecule has 51 heavy (non-hydrogen) atoms. The van der Waals surface area contributed by atoms with E-state index >= 15 is 4.79 Å². The zero-order valence-electron chi connectivity index (χ0n) is 28.7. The average Bonchev–Trinajstić information content (AvgIpc) is 3.39. The lowest BCUT2D eigenvalue weighted by Crippen LogP contribution is -2.67. The third-order valence-electron chi connectivity index (χ3n) is 10.3. The number of carbonyl (C=O) groups is 2. The van der Waals surface area contributed by atoms with Gasteiger partial charge in [0.2, 0.25) is 5.88 Å². The highest BCUT2D eigenvalue weighted by Gasteiger charge is 2.59. The number of piperidine rings is 1. The number of nitrogens with one attached hydrogen (secondary N) is 1. The average molecular weight is 716 g/mol. The van der Waals surface area contributed by atoms with Gasteiger partial charge in [-0.2, -0.15) is 9.57 Å². The van der Waals surface area contributed by atoms with Crippen molar-refractivity contribution in [2.24, 2.45) is 0 Å². The fourth-order valence-electron chi connectivity index (χ4n) is 7.58. The Morgan fingerprint density at radius 3 is 2.39 bits per heavy atom. The normalized spacial score (nSPS) is 21.9. The molecule has 0 saturated carbocycles. The summed E-state index contributed by atoms with van der Waals surface area (Å²) in [4.78, 5) is 40.0. The van der Waals surface area contributed by atoms with Gasteiger partial charge in [0.05, 0.1) is 54.7 Å². The maximum Gasteiger partial charge on any atom is 0.318 e. The number of anilines is 1. The summed E-state index contributed by atoms with van der Waals surface area (Å²) in [5.74, 6) is -0.461. The van der Waals surface area contributed by atoms with Crippen LogP contribution in [0.3, 0.4) is 0 Å². The molecule has 0 spiro atoms. The van der Waals surface area contributed by atoms with Crippen molar-refractivity contribution in [1.82, 2.24) is 25.0 Å². The van der Waals surface area contributed by atoms with Crippen molar-refractivity contribution in [2.45, 2.75) is 42.3 Å². The van der Waals surface area contributed by atoms with Gasteiger partial charge >= 0.3 is 6.03 Å². The van der Waals surface area contributed by atoms with Gasteiger partial charge in [-0.05, 0) is 74.4 Å². The molecule has 3 saturated heterocycles. The predicted octanol–water partition coefficient (Wildman–Crippen LogP) is 2.53. The number of amides is 3. The minimum Gasteiger partial charge on any atom is -0.497 e. The fourth-order valence-corrected chi connectivity index (χ4v) is 9.04. The maximum absolute atomic E-state index is 15.0. The van der Waals surface area contributed by atoms with Gasteiger partial charge in [0, 0.05) is 63.1 Å². The summed E-state index contributed by atoms with van der Waals surface area (Å²) in [5.41, 5.74) is -1.65. The first kappa shape index (κ1) is 34.7. The third kappa shape index (κ3) is 6.16. The molecule has 1 unspecified atom stereocenters. The molecule has 3 amide bonds. The zero-order valence-corrected chi connectivity index (χ0v) is 29.5. The first-order valence-electron chi connectivity index (χ1n) is 17.2. The number of carbonyl (C=O) groups excluding carboxylic acids is 2. The number of aromatic nitrogens is 1. The van der Waals surface area contributed by atoms with Crippen molar-refractivity contribution >= 4 is 27.6 Å². The first-order valence-corrected chi connectivity index (χ1v) is 18.6. The summed E-state index contributed by atoms with van der Waals surface area (Å²) < 4.78 is 46.0. The lowest BCUT2D eigenvalue weighted by Gasteiger charge is -2.49. The van der Waals surface area contributed by atoms with Gasteiger partial charge in [0.1, 0.15) is 5.75 Å². The molecule has 4 aliphatic heterocycles. The van der Waals surface area contributed by atoms with Gasteiger partial charge in [0.25, 0.3) is 15.9 Å². The van der Waals surface area contributed by atoms with E-state index in [1.54, 1.807) is 24.0 Å². The quantitative estimate of drug-likeness (QED) is 0.347. The van der Waals surface area contributed by atoms with Crippen LogP contribution in [0, 0.1) is 11.3 Å². The Kier molecular flexibility index (Phi) is 9.60. The number of nitriles is 1. The number of hydrogen-bond donors (Lipinski definition) is 1. The van der Waals surface area contributed by atoms with Crippen LogP contribution in [0.1, 0.15) is 36.5 Å². The van der Waals surface area contributed by atoms with Gasteiger partial charge in [-0.15, -0.1) is 0 Å². The van der Waals surface area contributed by atoms with Gasteiger partial charge in [-0.25, -0.2) is 18.2 Å². The highest BCUT2D eigenvalue weighted by atomic mass is 32.2. The zero-order chi connectivity index (χ0) is 35.8. The van der Waals surface area contributed by atoms with Crippen molar-refractivity contribution in [1.29, 1.82) is 5.26 Å². The maximum atomic E-state index is 15.0. The standard InChI is InChI=1S/C36H41N7O7S/c1-3-50-33-30(5-4-14-38-33)36(39-35(45)42-23-27(24-42)40-15-12-26(13-16-40)41-17-19-49-20-18-41)31-21-25(22-37)6-11-32(31)43(34(36)44)51(46,47)29-9-7-28(48-2)8-10-29/h4-11,14,21,26-27H,3,12-13,15-20,23-24H2,1-2H3,(H,39,45). The van der Waals surface area contributed by atoms with Crippen molar-refractivity contribution in [3.8, 4) is 17.7 Å². The molecule has 4 aliphatic rings. The molecule has 0 aliphatic carbocycles. The van der Waals surface area contributed by atoms with Crippen molar-refractivity contribution in [3.63, 3.8) is 0 Å². The van der Waals surface area contributed by atoms with Crippen LogP contribution in [0.15, 0.2) is 65.7 Å². The van der Waals surface area contributed by atoms with Crippen LogP contribution in [0.4, 0.5) is 10.5 Å². The van der Waals surface area contributed by atoms with Crippen LogP contribution in [0.5, 0.6) is 11.6 Å². The topological polar surface area (TPSA) is 158 Å². The Labute approximate surface area is 297 Å². The molecule has 3 fully saturated rings. The number of rotatable bonds is 9. The highest BCUT2D eigenvalue weighted by molar-refractivity contribution is 7.93. The molecule has 268 valence electrons. The second-order valence-corrected chi connectivity index (χ2v) is 14.8. The van der Waals surface area contributed by atoms with Crippen LogP contribution in [-0.4, -0.2) is 118 Å². The fraction of sp³-hybridized carbons (Fsp3) is 0.444. The minimum absolute atomic E-state index is 0.00560. The molecule has 1 N–H and O–H groups in total. The number of pyridine rings is 1. The lowest BCUT2D eigenvalue weighted by atomic mass is 9.83. The molecule has 7 rings (SSSR count). The number of nitrogens with zero attached hydrogens (tertiary/aromatic N) is 6. The van der Waals surface area contributed by atoms with Crippen LogP contribution in [0.2, 0.25) is 0 Å². The predicted molar refractivity (Wildman–Crippen MR) is 186 cm³/mol. The lowest BCUT2D eigenvalue weighted by molar-refractivity contribution is -0.121. The first-order chi connectivity index (χ1) is 24.7.